The van der Waals surface area contributed by atoms with Gasteiger partial charge in [0.05, 0.1) is 5.57 Å². The van der Waals surface area contributed by atoms with Crippen LogP contribution in [0.5, 0.6) is 5.75 Å². The van der Waals surface area contributed by atoms with Crippen LogP contribution in [0.4, 0.5) is 0 Å². The van der Waals surface area contributed by atoms with E-state index in [9.17, 15) is 15.0 Å². The van der Waals surface area contributed by atoms with Gasteiger partial charge in [-0.3, -0.25) is 4.79 Å². The van der Waals surface area contributed by atoms with Crippen molar-refractivity contribution in [3.63, 3.8) is 0 Å². The lowest BCUT2D eigenvalue weighted by Crippen LogP contribution is -2.21. The van der Waals surface area contributed by atoms with Crippen LogP contribution in [0.2, 0.25) is 0 Å². The average molecular weight is 302 g/mol. The van der Waals surface area contributed by atoms with E-state index in [1.54, 1.807) is 18.2 Å². The topological polar surface area (TPSA) is 66.8 Å². The molecule has 1 heterocycles. The van der Waals surface area contributed by atoms with Crippen LogP contribution < -0.4 is 0 Å². The highest BCUT2D eigenvalue weighted by Gasteiger charge is 2.36. The molecule has 1 aliphatic heterocycles. The fraction of sp³-hybridized carbons (Fsp3) is 0.500. The summed E-state index contributed by atoms with van der Waals surface area (Å²) < 4.78 is 5.36. The normalized spacial score (nSPS) is 23.3. The number of carbonyl (C=O) groups excluding carboxylic acids is 1. The molecule has 0 amide bonds. The van der Waals surface area contributed by atoms with Crippen molar-refractivity contribution >= 4 is 11.4 Å². The van der Waals surface area contributed by atoms with E-state index in [1.807, 2.05) is 6.92 Å². The number of hydrogen-bond acceptors (Lipinski definition) is 4. The van der Waals surface area contributed by atoms with E-state index in [0.29, 0.717) is 23.5 Å². The van der Waals surface area contributed by atoms with Crippen molar-refractivity contribution in [2.24, 2.45) is 11.8 Å². The van der Waals surface area contributed by atoms with Gasteiger partial charge in [-0.1, -0.05) is 6.07 Å². The summed E-state index contributed by atoms with van der Waals surface area (Å²) in [5.41, 5.74) is 1.93. The first-order valence-electron chi connectivity index (χ1n) is 7.90. The molecule has 1 atom stereocenters. The first-order valence-corrected chi connectivity index (χ1v) is 7.90. The molecule has 2 aliphatic rings. The summed E-state index contributed by atoms with van der Waals surface area (Å²) in [6.45, 7) is 3.42. The lowest BCUT2D eigenvalue weighted by atomic mass is 9.85. The van der Waals surface area contributed by atoms with Gasteiger partial charge < -0.3 is 14.9 Å². The number of aryl methyl sites for hydroxylation is 1. The number of aliphatic hydroxyl groups is 1. The minimum Gasteiger partial charge on any atom is -0.512 e. The number of aliphatic hydroxyl groups excluding tert-OH is 1. The predicted octanol–water partition coefficient (Wildman–Crippen LogP) is 3.38. The molecule has 0 spiro atoms. The molecule has 1 aromatic carbocycles. The maximum absolute atomic E-state index is 12.7. The number of ketones is 1. The van der Waals surface area contributed by atoms with E-state index in [0.717, 1.165) is 38.0 Å². The van der Waals surface area contributed by atoms with Gasteiger partial charge in [0.15, 0.2) is 5.78 Å². The van der Waals surface area contributed by atoms with Crippen LogP contribution in [0.25, 0.3) is 5.57 Å². The highest BCUT2D eigenvalue weighted by atomic mass is 16.5. The number of phenols is 1. The fourth-order valence-corrected chi connectivity index (χ4v) is 3.52. The van der Waals surface area contributed by atoms with E-state index in [2.05, 4.69) is 0 Å². The molecule has 0 saturated carbocycles. The number of ether oxygens (including phenoxy) is 1. The van der Waals surface area contributed by atoms with Gasteiger partial charge >= 0.3 is 0 Å². The maximum atomic E-state index is 12.7. The van der Waals surface area contributed by atoms with Crippen molar-refractivity contribution in [3.05, 3.63) is 35.1 Å². The first kappa shape index (κ1) is 15.1. The summed E-state index contributed by atoms with van der Waals surface area (Å²) in [6.07, 6.45) is 3.21. The van der Waals surface area contributed by atoms with Crippen molar-refractivity contribution in [2.75, 3.05) is 13.2 Å². The third-order valence-corrected chi connectivity index (χ3v) is 4.79. The molecule has 1 aliphatic carbocycles. The smallest absolute Gasteiger partial charge is 0.170 e. The second-order valence-electron chi connectivity index (χ2n) is 6.38. The Hall–Kier alpha value is -1.81. The zero-order valence-electron chi connectivity index (χ0n) is 12.8. The van der Waals surface area contributed by atoms with Crippen molar-refractivity contribution in [1.82, 2.24) is 0 Å². The summed E-state index contributed by atoms with van der Waals surface area (Å²) in [4.78, 5) is 12.7. The molecular weight excluding hydrogens is 280 g/mol. The van der Waals surface area contributed by atoms with Crippen LogP contribution in [-0.2, 0) is 9.53 Å². The van der Waals surface area contributed by atoms with Crippen molar-refractivity contribution < 1.29 is 19.7 Å². The monoisotopic (exact) mass is 302 g/mol. The number of aromatic hydroxyl groups is 1. The molecule has 0 radical (unpaired) electrons. The minimum atomic E-state index is -0.139. The molecule has 4 nitrogen and oxygen atoms in total. The number of rotatable bonds is 3. The highest BCUT2D eigenvalue weighted by molar-refractivity contribution is 6.24. The molecule has 1 saturated heterocycles. The second-order valence-corrected chi connectivity index (χ2v) is 6.38. The van der Waals surface area contributed by atoms with Gasteiger partial charge in [0.1, 0.15) is 11.5 Å². The molecule has 0 aromatic heterocycles. The molecule has 2 N–H and O–H groups in total. The van der Waals surface area contributed by atoms with Crippen molar-refractivity contribution in [1.29, 1.82) is 0 Å². The van der Waals surface area contributed by atoms with Crippen LogP contribution >= 0.6 is 0 Å². The lowest BCUT2D eigenvalue weighted by Gasteiger charge is -2.24. The van der Waals surface area contributed by atoms with E-state index in [-0.39, 0.29) is 23.2 Å². The van der Waals surface area contributed by atoms with E-state index in [4.69, 9.17) is 4.74 Å². The maximum Gasteiger partial charge on any atom is 0.170 e. The second kappa shape index (κ2) is 6.13. The summed E-state index contributed by atoms with van der Waals surface area (Å²) in [7, 11) is 0. The third-order valence-electron chi connectivity index (χ3n) is 4.79. The number of benzene rings is 1. The van der Waals surface area contributed by atoms with Crippen molar-refractivity contribution in [3.8, 4) is 5.75 Å². The van der Waals surface area contributed by atoms with Crippen LogP contribution in [0.15, 0.2) is 24.0 Å². The number of hydrogen-bond donors (Lipinski definition) is 2. The molecule has 1 unspecified atom stereocenters. The van der Waals surface area contributed by atoms with Gasteiger partial charge in [-0.2, -0.15) is 0 Å². The van der Waals surface area contributed by atoms with Crippen LogP contribution in [-0.4, -0.2) is 29.2 Å². The Kier molecular flexibility index (Phi) is 4.21. The van der Waals surface area contributed by atoms with Gasteiger partial charge in [0, 0.05) is 25.6 Å². The summed E-state index contributed by atoms with van der Waals surface area (Å²) in [5, 5.41) is 19.9. The molecule has 3 rings (SSSR count). The number of phenolic OH excluding ortho intramolecular Hbond substituents is 1. The van der Waals surface area contributed by atoms with E-state index in [1.165, 1.54) is 0 Å². The molecular formula is C18H22O4. The predicted molar refractivity (Wildman–Crippen MR) is 83.7 cm³/mol. The van der Waals surface area contributed by atoms with Crippen LogP contribution in [0.3, 0.4) is 0 Å². The van der Waals surface area contributed by atoms with Crippen LogP contribution in [0, 0.1) is 18.8 Å². The van der Waals surface area contributed by atoms with E-state index >= 15 is 0 Å². The molecule has 0 bridgehead atoms. The highest BCUT2D eigenvalue weighted by Crippen LogP contribution is 2.39. The Morgan fingerprint density at radius 1 is 1.23 bits per heavy atom. The lowest BCUT2D eigenvalue weighted by molar-refractivity contribution is -0.117. The van der Waals surface area contributed by atoms with Crippen molar-refractivity contribution in [2.45, 2.75) is 32.6 Å². The quantitative estimate of drug-likeness (QED) is 0.898. The third kappa shape index (κ3) is 2.88. The summed E-state index contributed by atoms with van der Waals surface area (Å²) in [5.74, 6) is 0.648. The van der Waals surface area contributed by atoms with Gasteiger partial charge in [-0.05, 0) is 55.4 Å². The summed E-state index contributed by atoms with van der Waals surface area (Å²) >= 11 is 0. The summed E-state index contributed by atoms with van der Waals surface area (Å²) in [6, 6.07) is 4.93. The fourth-order valence-electron chi connectivity index (χ4n) is 3.52. The number of carbonyl (C=O) groups is 1. The average Bonchev–Trinajstić information content (AvgIpc) is 2.77. The Bertz CT molecular complexity index is 612. The number of allylic oxidation sites excluding steroid dienone is 2. The van der Waals surface area contributed by atoms with E-state index < -0.39 is 0 Å². The van der Waals surface area contributed by atoms with Gasteiger partial charge in [0.25, 0.3) is 0 Å². The Morgan fingerprint density at radius 3 is 2.68 bits per heavy atom. The zero-order chi connectivity index (χ0) is 15.7. The molecule has 118 valence electrons. The Labute approximate surface area is 130 Å². The first-order chi connectivity index (χ1) is 10.6. The number of Topliss-reactive ketones (excluding diaryl/α,β-unsaturated/α-hetero) is 1. The molecule has 1 fully saturated rings. The van der Waals surface area contributed by atoms with Gasteiger partial charge in [-0.25, -0.2) is 0 Å². The Morgan fingerprint density at radius 2 is 1.95 bits per heavy atom. The SMILES string of the molecule is Cc1ccc(O)cc1C1=C(O)CC(CC2CCOCC2)C1=O. The minimum absolute atomic E-state index is 0.0118. The molecule has 1 aromatic rings. The molecule has 4 heteroatoms. The van der Waals surface area contributed by atoms with Gasteiger partial charge in [0.2, 0.25) is 0 Å². The largest absolute Gasteiger partial charge is 0.512 e. The standard InChI is InChI=1S/C18H22O4/c1-11-2-3-14(19)10-15(11)17-16(20)9-13(18(17)21)8-12-4-6-22-7-5-12/h2-3,10,12-13,19-20H,4-9H2,1H3. The zero-order valence-corrected chi connectivity index (χ0v) is 12.8. The molecule has 22 heavy (non-hydrogen) atoms. The van der Waals surface area contributed by atoms with Crippen LogP contribution in [0.1, 0.15) is 36.8 Å². The van der Waals surface area contributed by atoms with Gasteiger partial charge in [-0.15, -0.1) is 0 Å². The Balaban J connectivity index is 1.79.